The summed E-state index contributed by atoms with van der Waals surface area (Å²) in [5.74, 6) is -0.100. The number of nitrogens with one attached hydrogen (secondary N) is 1. The van der Waals surface area contributed by atoms with Gasteiger partial charge in [-0.05, 0) is 62.6 Å². The van der Waals surface area contributed by atoms with E-state index in [4.69, 9.17) is 5.73 Å². The molecule has 0 bridgehead atoms. The van der Waals surface area contributed by atoms with Crippen molar-refractivity contribution in [2.24, 2.45) is 5.73 Å². The van der Waals surface area contributed by atoms with Crippen LogP contribution in [0.15, 0.2) is 59.5 Å². The highest BCUT2D eigenvalue weighted by Crippen LogP contribution is 2.22. The van der Waals surface area contributed by atoms with E-state index in [0.717, 1.165) is 19.3 Å². The number of nitrogens with two attached hydrogens (primary N) is 1. The van der Waals surface area contributed by atoms with E-state index in [2.05, 4.69) is 4.72 Å². The van der Waals surface area contributed by atoms with Gasteiger partial charge in [0.25, 0.3) is 15.9 Å². The molecule has 2 unspecified atom stereocenters. The van der Waals surface area contributed by atoms with Crippen molar-refractivity contribution in [2.45, 2.75) is 43.2 Å². The first-order valence-corrected chi connectivity index (χ1v) is 10.6. The lowest BCUT2D eigenvalue weighted by Crippen LogP contribution is -2.51. The molecule has 1 aliphatic rings. The van der Waals surface area contributed by atoms with E-state index in [9.17, 15) is 13.2 Å². The molecule has 1 aliphatic heterocycles. The molecule has 6 nitrogen and oxygen atoms in total. The average molecular weight is 424 g/mol. The predicted octanol–water partition coefficient (Wildman–Crippen LogP) is 3.25. The highest BCUT2D eigenvalue weighted by atomic mass is 35.5. The average Bonchev–Trinajstić information content (AvgIpc) is 2.68. The summed E-state index contributed by atoms with van der Waals surface area (Å²) in [5.41, 5.74) is 7.01. The fourth-order valence-electron chi connectivity index (χ4n) is 3.42. The van der Waals surface area contributed by atoms with E-state index >= 15 is 0 Å². The number of piperidine rings is 1. The second-order valence-corrected chi connectivity index (χ2v) is 8.60. The molecule has 152 valence electrons. The number of rotatable bonds is 5. The van der Waals surface area contributed by atoms with Crippen LogP contribution in [0.1, 0.15) is 36.5 Å². The Kier molecular flexibility index (Phi) is 7.46. The summed E-state index contributed by atoms with van der Waals surface area (Å²) in [4.78, 5) is 14.8. The molecular formula is C20H26ClN3O3S. The summed E-state index contributed by atoms with van der Waals surface area (Å²) in [5, 5.41) is 0. The minimum absolute atomic E-state index is 0. The van der Waals surface area contributed by atoms with Crippen LogP contribution >= 0.6 is 12.4 Å². The maximum atomic E-state index is 12.9. The third-order valence-corrected chi connectivity index (χ3v) is 6.25. The van der Waals surface area contributed by atoms with Crippen LogP contribution in [-0.2, 0) is 10.0 Å². The first kappa shape index (κ1) is 22.2. The van der Waals surface area contributed by atoms with Crippen LogP contribution in [-0.4, -0.2) is 37.9 Å². The number of benzene rings is 2. The van der Waals surface area contributed by atoms with Gasteiger partial charge in [-0.2, -0.15) is 0 Å². The van der Waals surface area contributed by atoms with Crippen molar-refractivity contribution in [1.82, 2.24) is 4.90 Å². The third-order valence-electron chi connectivity index (χ3n) is 4.85. The fourth-order valence-corrected chi connectivity index (χ4v) is 4.48. The Morgan fingerprint density at radius 3 is 2.36 bits per heavy atom. The number of hydrogen-bond donors (Lipinski definition) is 2. The van der Waals surface area contributed by atoms with Gasteiger partial charge in [-0.3, -0.25) is 9.52 Å². The van der Waals surface area contributed by atoms with Crippen LogP contribution in [0.2, 0.25) is 0 Å². The first-order valence-electron chi connectivity index (χ1n) is 9.13. The molecule has 2 atom stereocenters. The maximum absolute atomic E-state index is 12.9. The van der Waals surface area contributed by atoms with Crippen LogP contribution in [0.4, 0.5) is 5.69 Å². The minimum atomic E-state index is -3.70. The zero-order chi connectivity index (χ0) is 19.4. The van der Waals surface area contributed by atoms with Gasteiger partial charge in [-0.15, -0.1) is 12.4 Å². The molecule has 8 heteroatoms. The number of nitrogens with zero attached hydrogens (tertiary/aromatic N) is 1. The van der Waals surface area contributed by atoms with Gasteiger partial charge < -0.3 is 10.6 Å². The molecule has 0 radical (unpaired) electrons. The Morgan fingerprint density at radius 1 is 1.11 bits per heavy atom. The topological polar surface area (TPSA) is 92.5 Å². The molecule has 1 amide bonds. The van der Waals surface area contributed by atoms with E-state index in [1.807, 2.05) is 17.9 Å². The molecule has 1 heterocycles. The SMILES string of the molecule is CC(N)C1CCCCN1C(=O)c1ccc(S(=O)(=O)Nc2ccccc2)cc1.Cl. The van der Waals surface area contributed by atoms with Crippen molar-refractivity contribution in [3.63, 3.8) is 0 Å². The van der Waals surface area contributed by atoms with Crippen molar-refractivity contribution in [3.8, 4) is 0 Å². The van der Waals surface area contributed by atoms with Crippen LogP contribution in [0.5, 0.6) is 0 Å². The third kappa shape index (κ3) is 5.04. The highest BCUT2D eigenvalue weighted by molar-refractivity contribution is 7.92. The number of halogens is 1. The molecule has 1 saturated heterocycles. The van der Waals surface area contributed by atoms with Gasteiger partial charge in [0.05, 0.1) is 4.90 Å². The fraction of sp³-hybridized carbons (Fsp3) is 0.350. The minimum Gasteiger partial charge on any atom is -0.334 e. The largest absolute Gasteiger partial charge is 0.334 e. The second-order valence-electron chi connectivity index (χ2n) is 6.92. The molecule has 0 spiro atoms. The van der Waals surface area contributed by atoms with Crippen LogP contribution in [0.25, 0.3) is 0 Å². The van der Waals surface area contributed by atoms with Crippen molar-refractivity contribution >= 4 is 34.0 Å². The Morgan fingerprint density at radius 2 is 1.75 bits per heavy atom. The van der Waals surface area contributed by atoms with Gasteiger partial charge in [-0.25, -0.2) is 8.42 Å². The number of carbonyl (C=O) groups is 1. The number of para-hydroxylation sites is 1. The first-order chi connectivity index (χ1) is 12.9. The highest BCUT2D eigenvalue weighted by Gasteiger charge is 2.30. The molecule has 1 fully saturated rings. The summed E-state index contributed by atoms with van der Waals surface area (Å²) in [6.45, 7) is 2.60. The molecule has 0 aromatic heterocycles. The lowest BCUT2D eigenvalue weighted by molar-refractivity contribution is 0.0583. The molecule has 28 heavy (non-hydrogen) atoms. The van der Waals surface area contributed by atoms with Crippen molar-refractivity contribution in [2.75, 3.05) is 11.3 Å². The number of sulfonamides is 1. The van der Waals surface area contributed by atoms with E-state index in [1.165, 1.54) is 12.1 Å². The van der Waals surface area contributed by atoms with E-state index in [0.29, 0.717) is 17.8 Å². The van der Waals surface area contributed by atoms with E-state index < -0.39 is 10.0 Å². The van der Waals surface area contributed by atoms with Gasteiger partial charge in [0.1, 0.15) is 0 Å². The Balaban J connectivity index is 0.00000280. The number of likely N-dealkylation sites (tertiary alicyclic amines) is 1. The Labute approximate surface area is 172 Å². The Bertz CT molecular complexity index is 887. The van der Waals surface area contributed by atoms with Crippen LogP contribution in [0, 0.1) is 0 Å². The summed E-state index contributed by atoms with van der Waals surface area (Å²) in [7, 11) is -3.70. The molecule has 3 rings (SSSR count). The number of hydrogen-bond acceptors (Lipinski definition) is 4. The second kappa shape index (κ2) is 9.41. The summed E-state index contributed by atoms with van der Waals surface area (Å²) in [6.07, 6.45) is 2.93. The van der Waals surface area contributed by atoms with Crippen molar-refractivity contribution in [1.29, 1.82) is 0 Å². The Hall–Kier alpha value is -2.09. The summed E-state index contributed by atoms with van der Waals surface area (Å²) >= 11 is 0. The van der Waals surface area contributed by atoms with E-state index in [-0.39, 0.29) is 35.3 Å². The zero-order valence-corrected chi connectivity index (χ0v) is 17.4. The molecule has 0 aliphatic carbocycles. The standard InChI is InChI=1S/C20H25N3O3S.ClH/c1-15(21)19-9-5-6-14-23(19)20(24)16-10-12-18(13-11-16)27(25,26)22-17-7-3-2-4-8-17;/h2-4,7-8,10-13,15,19,22H,5-6,9,14,21H2,1H3;1H. The quantitative estimate of drug-likeness (QED) is 0.771. The number of carbonyl (C=O) groups excluding carboxylic acids is 1. The van der Waals surface area contributed by atoms with Crippen molar-refractivity contribution < 1.29 is 13.2 Å². The molecular weight excluding hydrogens is 398 g/mol. The van der Waals surface area contributed by atoms with E-state index in [1.54, 1.807) is 36.4 Å². The van der Waals surface area contributed by atoms with Gasteiger partial charge in [0, 0.05) is 29.9 Å². The smallest absolute Gasteiger partial charge is 0.261 e. The maximum Gasteiger partial charge on any atom is 0.261 e. The lowest BCUT2D eigenvalue weighted by Gasteiger charge is -2.38. The monoisotopic (exact) mass is 423 g/mol. The number of amides is 1. The molecule has 2 aromatic carbocycles. The van der Waals surface area contributed by atoms with Crippen LogP contribution < -0.4 is 10.5 Å². The molecule has 2 aromatic rings. The lowest BCUT2D eigenvalue weighted by atomic mass is 9.96. The van der Waals surface area contributed by atoms with Gasteiger partial charge in [0.15, 0.2) is 0 Å². The predicted molar refractivity (Wildman–Crippen MR) is 113 cm³/mol. The number of anilines is 1. The van der Waals surface area contributed by atoms with Gasteiger partial charge in [-0.1, -0.05) is 18.2 Å². The normalized spacial score (nSPS) is 18.1. The zero-order valence-electron chi connectivity index (χ0n) is 15.7. The summed E-state index contributed by atoms with van der Waals surface area (Å²) < 4.78 is 27.5. The van der Waals surface area contributed by atoms with Crippen molar-refractivity contribution in [3.05, 3.63) is 60.2 Å². The van der Waals surface area contributed by atoms with Gasteiger partial charge in [0.2, 0.25) is 0 Å². The summed E-state index contributed by atoms with van der Waals surface area (Å²) in [6, 6.07) is 14.7. The molecule has 3 N–H and O–H groups in total. The molecule has 0 saturated carbocycles. The van der Waals surface area contributed by atoms with Crippen LogP contribution in [0.3, 0.4) is 0 Å². The van der Waals surface area contributed by atoms with Gasteiger partial charge >= 0.3 is 0 Å².